The Morgan fingerprint density at radius 1 is 1.16 bits per heavy atom. The fourth-order valence-electron chi connectivity index (χ4n) is 3.77. The number of aliphatic carboxylic acids is 1. The van der Waals surface area contributed by atoms with Crippen LogP contribution < -0.4 is 10.7 Å². The van der Waals surface area contributed by atoms with Gasteiger partial charge in [-0.05, 0) is 43.9 Å². The highest BCUT2D eigenvalue weighted by Crippen LogP contribution is 2.25. The Morgan fingerprint density at radius 3 is 2.53 bits per heavy atom. The Balaban J connectivity index is 1.72. The number of amides is 1. The quantitative estimate of drug-likeness (QED) is 0.515. The predicted molar refractivity (Wildman–Crippen MR) is 120 cm³/mol. The number of hydrogen-bond donors (Lipinski definition) is 3. The largest absolute Gasteiger partial charge is 0.480 e. The van der Waals surface area contributed by atoms with Crippen LogP contribution in [0.5, 0.6) is 0 Å². The molecule has 2 aromatic rings. The minimum absolute atomic E-state index is 0.201. The Kier molecular flexibility index (Phi) is 7.83. The molecule has 1 aliphatic rings. The molecule has 0 aromatic heterocycles. The van der Waals surface area contributed by atoms with Gasteiger partial charge in [0.1, 0.15) is 6.04 Å². The average Bonchev–Trinajstić information content (AvgIpc) is 2.80. The maximum Gasteiger partial charge on any atom is 0.328 e. The molecule has 2 aromatic carbocycles. The molecule has 3 N–H and O–H groups in total. The van der Waals surface area contributed by atoms with Crippen LogP contribution in [0.2, 0.25) is 0 Å². The van der Waals surface area contributed by atoms with Gasteiger partial charge in [-0.15, -0.1) is 0 Å². The summed E-state index contributed by atoms with van der Waals surface area (Å²) in [7, 11) is 0. The third-order valence-corrected chi connectivity index (χ3v) is 5.46. The van der Waals surface area contributed by atoms with E-state index >= 15 is 0 Å². The molecule has 0 radical (unpaired) electrons. The Bertz CT molecular complexity index is 950. The molecule has 1 heterocycles. The fraction of sp³-hybridized carbons (Fsp3) is 0.375. The normalized spacial score (nSPS) is 16.9. The summed E-state index contributed by atoms with van der Waals surface area (Å²) < 4.78 is 5.19. The van der Waals surface area contributed by atoms with Crippen LogP contribution in [0.25, 0.3) is 0 Å². The lowest BCUT2D eigenvalue weighted by molar-refractivity contribution is -0.151. The molecule has 170 valence electrons. The fourth-order valence-corrected chi connectivity index (χ4v) is 3.77. The molecular formula is C24H29N3O5. The van der Waals surface area contributed by atoms with Gasteiger partial charge in [-0.2, -0.15) is 0 Å². The van der Waals surface area contributed by atoms with Gasteiger partial charge in [0.15, 0.2) is 6.04 Å². The first-order valence-corrected chi connectivity index (χ1v) is 10.8. The molecule has 32 heavy (non-hydrogen) atoms. The van der Waals surface area contributed by atoms with Crippen molar-refractivity contribution in [2.45, 2.75) is 51.2 Å². The lowest BCUT2D eigenvalue weighted by Crippen LogP contribution is -2.58. The molecule has 0 bridgehead atoms. The molecule has 0 spiro atoms. The van der Waals surface area contributed by atoms with E-state index in [1.807, 2.05) is 48.5 Å². The standard InChI is InChI=1S/C24H29N3O5/c1-3-32-24(31)20(14-13-17-9-5-4-6-10-17)25-16(2)22(28)27-21(23(29)30)15-18-11-7-8-12-19(18)26-27/h4-12,16,20-21,25-26H,3,13-15H2,1-2H3,(H,29,30)/t16-,20?,21?/m1/s1. The number of nitrogens with one attached hydrogen (secondary N) is 2. The minimum Gasteiger partial charge on any atom is -0.480 e. The van der Waals surface area contributed by atoms with E-state index < -0.39 is 36.0 Å². The zero-order valence-corrected chi connectivity index (χ0v) is 18.3. The number of fused-ring (bicyclic) bond motifs is 1. The molecule has 3 atom stereocenters. The van der Waals surface area contributed by atoms with Crippen LogP contribution in [-0.4, -0.2) is 52.7 Å². The molecule has 0 fully saturated rings. The third kappa shape index (κ3) is 5.64. The summed E-state index contributed by atoms with van der Waals surface area (Å²) in [5.41, 5.74) is 5.54. The van der Waals surface area contributed by atoms with Crippen molar-refractivity contribution in [3.8, 4) is 0 Å². The van der Waals surface area contributed by atoms with Crippen LogP contribution in [0.15, 0.2) is 54.6 Å². The predicted octanol–water partition coefficient (Wildman–Crippen LogP) is 2.39. The topological polar surface area (TPSA) is 108 Å². The zero-order chi connectivity index (χ0) is 23.1. The highest BCUT2D eigenvalue weighted by molar-refractivity contribution is 5.89. The van der Waals surface area contributed by atoms with Crippen molar-refractivity contribution >= 4 is 23.5 Å². The molecule has 3 rings (SSSR count). The van der Waals surface area contributed by atoms with Crippen LogP contribution in [0.3, 0.4) is 0 Å². The molecule has 8 nitrogen and oxygen atoms in total. The summed E-state index contributed by atoms with van der Waals surface area (Å²) in [5, 5.41) is 13.9. The zero-order valence-electron chi connectivity index (χ0n) is 18.3. The molecule has 2 unspecified atom stereocenters. The SMILES string of the molecule is CCOC(=O)C(CCc1ccccc1)N[C@H](C)C(=O)N1Nc2ccccc2CC1C(=O)O. The van der Waals surface area contributed by atoms with Gasteiger partial charge in [-0.25, -0.2) is 9.80 Å². The first kappa shape index (κ1) is 23.3. The van der Waals surface area contributed by atoms with Gasteiger partial charge in [-0.1, -0.05) is 48.5 Å². The Labute approximate surface area is 187 Å². The van der Waals surface area contributed by atoms with Gasteiger partial charge in [0, 0.05) is 6.42 Å². The van der Waals surface area contributed by atoms with Crippen molar-refractivity contribution in [3.63, 3.8) is 0 Å². The second-order valence-corrected chi connectivity index (χ2v) is 7.75. The number of benzene rings is 2. The highest BCUT2D eigenvalue weighted by Gasteiger charge is 2.37. The number of para-hydroxylation sites is 1. The van der Waals surface area contributed by atoms with Crippen molar-refractivity contribution in [1.82, 2.24) is 10.3 Å². The van der Waals surface area contributed by atoms with E-state index in [4.69, 9.17) is 4.74 Å². The summed E-state index contributed by atoms with van der Waals surface area (Å²) in [6.45, 7) is 3.59. The number of carboxylic acids is 1. The van der Waals surface area contributed by atoms with Gasteiger partial charge >= 0.3 is 11.9 Å². The number of hydrazine groups is 1. The molecule has 1 aliphatic heterocycles. The molecule has 8 heteroatoms. The van der Waals surface area contributed by atoms with Crippen molar-refractivity contribution < 1.29 is 24.2 Å². The van der Waals surface area contributed by atoms with E-state index in [1.165, 1.54) is 0 Å². The second kappa shape index (κ2) is 10.8. The number of carbonyl (C=O) groups excluding carboxylic acids is 2. The van der Waals surface area contributed by atoms with E-state index in [9.17, 15) is 19.5 Å². The lowest BCUT2D eigenvalue weighted by atomic mass is 10.0. The first-order chi connectivity index (χ1) is 15.4. The van der Waals surface area contributed by atoms with Crippen molar-refractivity contribution in [3.05, 3.63) is 65.7 Å². The summed E-state index contributed by atoms with van der Waals surface area (Å²) in [6, 6.07) is 14.5. The number of carbonyl (C=O) groups is 3. The summed E-state index contributed by atoms with van der Waals surface area (Å²) in [4.78, 5) is 37.6. The lowest BCUT2D eigenvalue weighted by Gasteiger charge is -2.37. The summed E-state index contributed by atoms with van der Waals surface area (Å²) >= 11 is 0. The number of carboxylic acid groups (broad SMARTS) is 1. The first-order valence-electron chi connectivity index (χ1n) is 10.8. The minimum atomic E-state index is -1.10. The van der Waals surface area contributed by atoms with Crippen LogP contribution in [0.1, 0.15) is 31.4 Å². The molecule has 0 saturated heterocycles. The van der Waals surface area contributed by atoms with Gasteiger partial charge in [0.2, 0.25) is 0 Å². The van der Waals surface area contributed by atoms with Gasteiger partial charge in [0.25, 0.3) is 5.91 Å². The summed E-state index contributed by atoms with van der Waals surface area (Å²) in [6.07, 6.45) is 1.27. The van der Waals surface area contributed by atoms with E-state index in [0.717, 1.165) is 16.1 Å². The third-order valence-electron chi connectivity index (χ3n) is 5.46. The van der Waals surface area contributed by atoms with Crippen LogP contribution >= 0.6 is 0 Å². The van der Waals surface area contributed by atoms with Crippen molar-refractivity contribution in [2.75, 3.05) is 12.0 Å². The van der Waals surface area contributed by atoms with Crippen molar-refractivity contribution in [1.29, 1.82) is 0 Å². The van der Waals surface area contributed by atoms with Crippen molar-refractivity contribution in [2.24, 2.45) is 0 Å². The monoisotopic (exact) mass is 439 g/mol. The average molecular weight is 440 g/mol. The van der Waals surface area contributed by atoms with Crippen LogP contribution in [0, 0.1) is 0 Å². The van der Waals surface area contributed by atoms with Crippen LogP contribution in [-0.2, 0) is 32.0 Å². The number of ether oxygens (including phenoxy) is 1. The number of esters is 1. The molecule has 0 aliphatic carbocycles. The van der Waals surface area contributed by atoms with E-state index in [0.29, 0.717) is 18.5 Å². The maximum absolute atomic E-state index is 13.2. The van der Waals surface area contributed by atoms with Gasteiger partial charge in [0.05, 0.1) is 18.3 Å². The molecule has 0 saturated carbocycles. The Hall–Kier alpha value is -3.39. The number of anilines is 1. The molecular weight excluding hydrogens is 410 g/mol. The number of aryl methyl sites for hydroxylation is 1. The number of rotatable bonds is 9. The van der Waals surface area contributed by atoms with E-state index in [2.05, 4.69) is 10.7 Å². The number of nitrogens with zero attached hydrogens (tertiary/aromatic N) is 1. The smallest absolute Gasteiger partial charge is 0.328 e. The highest BCUT2D eigenvalue weighted by atomic mass is 16.5. The molecule has 1 amide bonds. The van der Waals surface area contributed by atoms with Gasteiger partial charge < -0.3 is 9.84 Å². The Morgan fingerprint density at radius 2 is 1.84 bits per heavy atom. The second-order valence-electron chi connectivity index (χ2n) is 7.75. The maximum atomic E-state index is 13.2. The van der Waals surface area contributed by atoms with E-state index in [1.54, 1.807) is 19.9 Å². The summed E-state index contributed by atoms with van der Waals surface area (Å²) in [5.74, 6) is -1.99. The van der Waals surface area contributed by atoms with Gasteiger partial charge in [-0.3, -0.25) is 20.3 Å². The van der Waals surface area contributed by atoms with Crippen LogP contribution in [0.4, 0.5) is 5.69 Å². The number of hydrogen-bond acceptors (Lipinski definition) is 6. The van der Waals surface area contributed by atoms with E-state index in [-0.39, 0.29) is 13.0 Å².